The monoisotopic (exact) mass is 369 g/mol. The van der Waals surface area contributed by atoms with Gasteiger partial charge in [-0.2, -0.15) is 0 Å². The largest absolute Gasteiger partial charge is 0.408 e. The summed E-state index contributed by atoms with van der Waals surface area (Å²) in [5.41, 5.74) is 1.12. The summed E-state index contributed by atoms with van der Waals surface area (Å²) in [6.07, 6.45) is -0.103. The second-order valence-electron chi connectivity index (χ2n) is 7.15. The van der Waals surface area contributed by atoms with E-state index in [0.29, 0.717) is 0 Å². The number of nitrogens with one attached hydrogen (secondary N) is 1. The molecule has 1 aromatic rings. The van der Waals surface area contributed by atoms with E-state index in [4.69, 9.17) is 4.43 Å². The normalized spacial score (nSPS) is 24.2. The Kier molecular flexibility index (Phi) is 4.66. The quantitative estimate of drug-likeness (QED) is 0.494. The van der Waals surface area contributed by atoms with Crippen LogP contribution in [0.5, 0.6) is 0 Å². The van der Waals surface area contributed by atoms with Crippen molar-refractivity contribution in [2.24, 2.45) is 0 Å². The zero-order chi connectivity index (χ0) is 15.8. The Balaban J connectivity index is 2.28. The molecule has 1 saturated heterocycles. The maximum atomic E-state index is 11.5. The molecule has 1 amide bonds. The van der Waals surface area contributed by atoms with E-state index in [1.54, 1.807) is 0 Å². The van der Waals surface area contributed by atoms with Crippen LogP contribution in [0, 0.1) is 0 Å². The molecule has 21 heavy (non-hydrogen) atoms. The van der Waals surface area contributed by atoms with E-state index in [9.17, 15) is 4.79 Å². The predicted molar refractivity (Wildman–Crippen MR) is 92.1 cm³/mol. The number of amides is 1. The summed E-state index contributed by atoms with van der Waals surface area (Å²) >= 11 is 3.47. The van der Waals surface area contributed by atoms with Crippen LogP contribution >= 0.6 is 15.9 Å². The molecule has 1 fully saturated rings. The maximum Gasteiger partial charge on any atom is 0.236 e. The summed E-state index contributed by atoms with van der Waals surface area (Å²) in [5.74, 6) is 0.0414. The van der Waals surface area contributed by atoms with Gasteiger partial charge in [-0.1, -0.05) is 67.0 Å². The van der Waals surface area contributed by atoms with Crippen molar-refractivity contribution in [2.75, 3.05) is 0 Å². The molecular weight excluding hydrogens is 346 g/mol. The number of hydrogen-bond donors (Lipinski definition) is 1. The van der Waals surface area contributed by atoms with Gasteiger partial charge in [0.25, 0.3) is 0 Å². The zero-order valence-corrected chi connectivity index (χ0v) is 15.9. The highest BCUT2D eigenvalue weighted by Crippen LogP contribution is 2.42. The van der Waals surface area contributed by atoms with Crippen molar-refractivity contribution < 1.29 is 9.22 Å². The molecule has 1 heterocycles. The molecule has 1 aromatic carbocycles. The van der Waals surface area contributed by atoms with Crippen LogP contribution in [0.3, 0.4) is 0 Å². The first kappa shape index (κ1) is 16.7. The van der Waals surface area contributed by atoms with E-state index in [1.807, 2.05) is 18.2 Å². The molecular formula is C16H24BrNO2Si. The van der Waals surface area contributed by atoms with Crippen LogP contribution < -0.4 is 5.32 Å². The Bertz CT molecular complexity index is 513. The van der Waals surface area contributed by atoms with Gasteiger partial charge in [-0.3, -0.25) is 4.79 Å². The van der Waals surface area contributed by atoms with Gasteiger partial charge in [0.2, 0.25) is 5.91 Å². The minimum atomic E-state index is -1.92. The minimum Gasteiger partial charge on any atom is -0.408 e. The van der Waals surface area contributed by atoms with Crippen LogP contribution in [0.2, 0.25) is 18.1 Å². The third-order valence-electron chi connectivity index (χ3n) is 4.56. The molecule has 0 radical (unpaired) electrons. The van der Waals surface area contributed by atoms with Crippen LogP contribution in [0.15, 0.2) is 30.3 Å². The van der Waals surface area contributed by atoms with Crippen molar-refractivity contribution in [3.63, 3.8) is 0 Å². The van der Waals surface area contributed by atoms with E-state index in [-0.39, 0.29) is 27.9 Å². The molecule has 0 unspecified atom stereocenters. The first-order valence-electron chi connectivity index (χ1n) is 7.31. The molecule has 0 aliphatic carbocycles. The lowest BCUT2D eigenvalue weighted by Gasteiger charge is -2.45. The lowest BCUT2D eigenvalue weighted by Crippen LogP contribution is -2.63. The van der Waals surface area contributed by atoms with Crippen LogP contribution in [-0.2, 0) is 9.22 Å². The average molecular weight is 370 g/mol. The third-order valence-corrected chi connectivity index (χ3v) is 10.00. The van der Waals surface area contributed by atoms with Crippen molar-refractivity contribution in [3.8, 4) is 0 Å². The van der Waals surface area contributed by atoms with E-state index < -0.39 is 8.32 Å². The van der Waals surface area contributed by atoms with Crippen molar-refractivity contribution in [3.05, 3.63) is 35.9 Å². The first-order chi connectivity index (χ1) is 9.63. The number of hydrogen-bond acceptors (Lipinski definition) is 2. The highest BCUT2D eigenvalue weighted by Gasteiger charge is 2.47. The minimum absolute atomic E-state index is 0.00553. The summed E-state index contributed by atoms with van der Waals surface area (Å²) in [5, 5.41) is 3.11. The molecule has 0 spiro atoms. The lowest BCUT2D eigenvalue weighted by atomic mass is 9.94. The van der Waals surface area contributed by atoms with E-state index in [1.165, 1.54) is 0 Å². The molecule has 2 rings (SSSR count). The van der Waals surface area contributed by atoms with Crippen LogP contribution in [-0.4, -0.2) is 25.1 Å². The Morgan fingerprint density at radius 3 is 2.24 bits per heavy atom. The van der Waals surface area contributed by atoms with E-state index in [2.05, 4.69) is 67.2 Å². The van der Waals surface area contributed by atoms with Crippen LogP contribution in [0.25, 0.3) is 0 Å². The molecule has 1 aliphatic heterocycles. The Morgan fingerprint density at radius 1 is 1.24 bits per heavy atom. The molecule has 3 nitrogen and oxygen atoms in total. The molecule has 0 saturated carbocycles. The molecule has 0 bridgehead atoms. The van der Waals surface area contributed by atoms with Gasteiger partial charge in [-0.05, 0) is 23.7 Å². The molecule has 5 heteroatoms. The van der Waals surface area contributed by atoms with Gasteiger partial charge < -0.3 is 9.74 Å². The second kappa shape index (κ2) is 5.86. The van der Waals surface area contributed by atoms with Gasteiger partial charge >= 0.3 is 0 Å². The van der Waals surface area contributed by atoms with Crippen molar-refractivity contribution in [2.45, 2.75) is 55.9 Å². The average Bonchev–Trinajstić information content (AvgIpc) is 2.42. The Hall–Kier alpha value is -0.653. The Morgan fingerprint density at radius 2 is 1.81 bits per heavy atom. The van der Waals surface area contributed by atoms with Gasteiger partial charge in [0.05, 0.1) is 12.1 Å². The summed E-state index contributed by atoms with van der Waals surface area (Å²) in [4.78, 5) is 11.4. The van der Waals surface area contributed by atoms with Crippen molar-refractivity contribution in [1.82, 2.24) is 5.32 Å². The van der Waals surface area contributed by atoms with Gasteiger partial charge in [-0.25, -0.2) is 0 Å². The second-order valence-corrected chi connectivity index (χ2v) is 12.9. The molecule has 3 atom stereocenters. The lowest BCUT2D eigenvalue weighted by molar-refractivity contribution is -0.129. The van der Waals surface area contributed by atoms with Crippen LogP contribution in [0.4, 0.5) is 0 Å². The van der Waals surface area contributed by atoms with Gasteiger partial charge in [0.15, 0.2) is 8.32 Å². The highest BCUT2D eigenvalue weighted by atomic mass is 79.9. The summed E-state index contributed by atoms with van der Waals surface area (Å²) in [6, 6.07) is 10.2. The number of alkyl halides is 1. The number of halogens is 1. The Labute approximate surface area is 136 Å². The summed E-state index contributed by atoms with van der Waals surface area (Å²) in [7, 11) is -1.92. The molecule has 1 N–H and O–H groups in total. The molecule has 0 aromatic heterocycles. The SMILES string of the molecule is CC(C)(C)[Si](C)(C)O[C@@H](c1ccccc1)[C@@H]1NC(=O)[C@H]1Br. The number of β-lactam (4-membered cyclic amide) rings is 1. The van der Waals surface area contributed by atoms with Crippen molar-refractivity contribution >= 4 is 30.2 Å². The zero-order valence-electron chi connectivity index (χ0n) is 13.3. The molecule has 116 valence electrons. The fraction of sp³-hybridized carbons (Fsp3) is 0.562. The maximum absolute atomic E-state index is 11.5. The van der Waals surface area contributed by atoms with Gasteiger partial charge in [0, 0.05) is 0 Å². The summed E-state index contributed by atoms with van der Waals surface area (Å²) < 4.78 is 6.61. The topological polar surface area (TPSA) is 38.3 Å². The smallest absolute Gasteiger partial charge is 0.236 e. The highest BCUT2D eigenvalue weighted by molar-refractivity contribution is 9.10. The number of carbonyl (C=O) groups excluding carboxylic acids is 1. The number of benzene rings is 1. The van der Waals surface area contributed by atoms with E-state index in [0.717, 1.165) is 5.56 Å². The summed E-state index contributed by atoms with van der Waals surface area (Å²) in [6.45, 7) is 11.2. The van der Waals surface area contributed by atoms with E-state index >= 15 is 0 Å². The number of carbonyl (C=O) groups is 1. The number of rotatable bonds is 4. The predicted octanol–water partition coefficient (Wildman–Crippen LogP) is 4.01. The fourth-order valence-corrected chi connectivity index (χ4v) is 3.91. The third kappa shape index (κ3) is 3.41. The van der Waals surface area contributed by atoms with Crippen LogP contribution in [0.1, 0.15) is 32.4 Å². The standard InChI is InChI=1S/C16H24BrNO2Si/c1-16(2,3)21(4,5)20-14(11-9-7-6-8-10-11)13-12(17)15(19)18-13/h6-10,12-14H,1-5H3,(H,18,19)/t12-,13+,14-/m0/s1. The van der Waals surface area contributed by atoms with Gasteiger partial charge in [-0.15, -0.1) is 0 Å². The molecule has 1 aliphatic rings. The van der Waals surface area contributed by atoms with Crippen molar-refractivity contribution in [1.29, 1.82) is 0 Å². The fourth-order valence-electron chi connectivity index (χ4n) is 2.10. The first-order valence-corrected chi connectivity index (χ1v) is 11.1. The van der Waals surface area contributed by atoms with Gasteiger partial charge in [0.1, 0.15) is 4.83 Å².